The highest BCUT2D eigenvalue weighted by atomic mass is 19.1. The summed E-state index contributed by atoms with van der Waals surface area (Å²) in [5, 5.41) is 8.31. The average Bonchev–Trinajstić information content (AvgIpc) is 2.82. The Morgan fingerprint density at radius 1 is 1.30 bits per heavy atom. The van der Waals surface area contributed by atoms with E-state index in [0.29, 0.717) is 17.2 Å². The number of hydrogen-bond donors (Lipinski definition) is 1. The topological polar surface area (TPSA) is 55.6 Å². The fraction of sp³-hybridized carbons (Fsp3) is 0.214. The normalized spacial score (nSPS) is 10.9. The van der Waals surface area contributed by atoms with Crippen LogP contribution in [0.1, 0.15) is 12.7 Å². The van der Waals surface area contributed by atoms with E-state index in [1.165, 1.54) is 12.1 Å². The van der Waals surface area contributed by atoms with E-state index in [9.17, 15) is 4.39 Å². The van der Waals surface area contributed by atoms with Crippen molar-refractivity contribution < 1.29 is 4.39 Å². The van der Waals surface area contributed by atoms with Gasteiger partial charge in [0, 0.05) is 6.54 Å². The van der Waals surface area contributed by atoms with Crippen molar-refractivity contribution in [3.8, 4) is 5.69 Å². The van der Waals surface area contributed by atoms with Crippen LogP contribution in [-0.2, 0) is 0 Å². The second-order valence-corrected chi connectivity index (χ2v) is 4.42. The van der Waals surface area contributed by atoms with Crippen molar-refractivity contribution in [2.45, 2.75) is 13.8 Å². The number of nitrogens with zero attached hydrogens (tertiary/aromatic N) is 4. The van der Waals surface area contributed by atoms with Crippen molar-refractivity contribution in [2.24, 2.45) is 0 Å². The maximum Gasteiger partial charge on any atom is 0.168 e. The molecule has 3 aromatic rings. The first-order valence-corrected chi connectivity index (χ1v) is 6.41. The van der Waals surface area contributed by atoms with Crippen LogP contribution in [0, 0.1) is 12.7 Å². The molecule has 0 saturated carbocycles. The molecule has 0 atom stereocenters. The molecule has 2 aromatic heterocycles. The van der Waals surface area contributed by atoms with Gasteiger partial charge in [-0.25, -0.2) is 19.0 Å². The van der Waals surface area contributed by atoms with Gasteiger partial charge in [-0.05, 0) is 32.0 Å². The molecule has 0 saturated heterocycles. The third kappa shape index (κ3) is 2.09. The largest absolute Gasteiger partial charge is 0.370 e. The summed E-state index contributed by atoms with van der Waals surface area (Å²) in [4.78, 5) is 8.78. The van der Waals surface area contributed by atoms with E-state index in [0.717, 1.165) is 17.7 Å². The Balaban J connectivity index is 2.23. The summed E-state index contributed by atoms with van der Waals surface area (Å²) in [5.74, 6) is 1.09. The van der Waals surface area contributed by atoms with Gasteiger partial charge in [-0.3, -0.25) is 0 Å². The lowest BCUT2D eigenvalue weighted by molar-refractivity contribution is 0.625. The molecule has 0 unspecified atom stereocenters. The molecule has 0 radical (unpaired) electrons. The van der Waals surface area contributed by atoms with E-state index in [2.05, 4.69) is 20.4 Å². The lowest BCUT2D eigenvalue weighted by Gasteiger charge is -2.06. The third-order valence-corrected chi connectivity index (χ3v) is 2.94. The number of nitrogens with one attached hydrogen (secondary N) is 1. The molecular formula is C14H14FN5. The lowest BCUT2D eigenvalue weighted by Crippen LogP contribution is -2.04. The molecule has 0 aliphatic rings. The van der Waals surface area contributed by atoms with Crippen molar-refractivity contribution in [3.05, 3.63) is 42.1 Å². The minimum Gasteiger partial charge on any atom is -0.370 e. The van der Waals surface area contributed by atoms with Gasteiger partial charge in [0.25, 0.3) is 0 Å². The van der Waals surface area contributed by atoms with Crippen LogP contribution in [0.5, 0.6) is 0 Å². The van der Waals surface area contributed by atoms with Crippen LogP contribution >= 0.6 is 0 Å². The predicted molar refractivity (Wildman–Crippen MR) is 75.5 cm³/mol. The van der Waals surface area contributed by atoms with Crippen molar-refractivity contribution in [3.63, 3.8) is 0 Å². The zero-order valence-corrected chi connectivity index (χ0v) is 11.3. The Kier molecular flexibility index (Phi) is 3.06. The number of aryl methyl sites for hydroxylation is 1. The molecule has 2 heterocycles. The van der Waals surface area contributed by atoms with Crippen LogP contribution in [0.3, 0.4) is 0 Å². The summed E-state index contributed by atoms with van der Waals surface area (Å²) in [6, 6.07) is 6.27. The van der Waals surface area contributed by atoms with Crippen LogP contribution in [0.25, 0.3) is 16.7 Å². The standard InChI is InChI=1S/C14H14FN5/c1-3-16-13-12-8-17-20(14(12)19-9(2)18-13)11-6-4-5-10(15)7-11/h4-8H,3H2,1-2H3,(H,16,18,19). The first kappa shape index (κ1) is 12.5. The fourth-order valence-electron chi connectivity index (χ4n) is 2.12. The van der Waals surface area contributed by atoms with Gasteiger partial charge in [0.15, 0.2) is 5.65 Å². The van der Waals surface area contributed by atoms with E-state index in [4.69, 9.17) is 0 Å². The van der Waals surface area contributed by atoms with Crippen LogP contribution in [-0.4, -0.2) is 26.3 Å². The molecular weight excluding hydrogens is 257 g/mol. The predicted octanol–water partition coefficient (Wildman–Crippen LogP) is 2.69. The van der Waals surface area contributed by atoms with Gasteiger partial charge in [0.2, 0.25) is 0 Å². The number of rotatable bonds is 3. The SMILES string of the molecule is CCNc1nc(C)nc2c1cnn2-c1cccc(F)c1. The summed E-state index contributed by atoms with van der Waals surface area (Å²) in [7, 11) is 0. The van der Waals surface area contributed by atoms with Crippen LogP contribution in [0.4, 0.5) is 10.2 Å². The summed E-state index contributed by atoms with van der Waals surface area (Å²) < 4.78 is 15.0. The maximum absolute atomic E-state index is 13.4. The number of anilines is 1. The van der Waals surface area contributed by atoms with Gasteiger partial charge >= 0.3 is 0 Å². The summed E-state index contributed by atoms with van der Waals surface area (Å²) >= 11 is 0. The zero-order valence-electron chi connectivity index (χ0n) is 11.3. The van der Waals surface area contributed by atoms with Gasteiger partial charge in [0.05, 0.1) is 17.3 Å². The van der Waals surface area contributed by atoms with Crippen LogP contribution in [0.2, 0.25) is 0 Å². The number of benzene rings is 1. The van der Waals surface area contributed by atoms with Gasteiger partial charge in [0.1, 0.15) is 17.5 Å². The third-order valence-electron chi connectivity index (χ3n) is 2.94. The minimum absolute atomic E-state index is 0.302. The fourth-order valence-corrected chi connectivity index (χ4v) is 2.12. The zero-order chi connectivity index (χ0) is 14.1. The molecule has 0 aliphatic carbocycles. The van der Waals surface area contributed by atoms with E-state index < -0.39 is 0 Å². The van der Waals surface area contributed by atoms with Crippen LogP contribution < -0.4 is 5.32 Å². The van der Waals surface area contributed by atoms with Crippen molar-refractivity contribution >= 4 is 16.9 Å². The summed E-state index contributed by atoms with van der Waals surface area (Å²) in [5.41, 5.74) is 1.31. The second-order valence-electron chi connectivity index (χ2n) is 4.42. The van der Waals surface area contributed by atoms with Crippen molar-refractivity contribution in [1.29, 1.82) is 0 Å². The first-order valence-electron chi connectivity index (χ1n) is 6.41. The number of fused-ring (bicyclic) bond motifs is 1. The van der Waals surface area contributed by atoms with Crippen LogP contribution in [0.15, 0.2) is 30.5 Å². The molecule has 1 N–H and O–H groups in total. The molecule has 0 aliphatic heterocycles. The highest BCUT2D eigenvalue weighted by molar-refractivity contribution is 5.87. The van der Waals surface area contributed by atoms with Gasteiger partial charge in [-0.1, -0.05) is 6.07 Å². The molecule has 0 amide bonds. The van der Waals surface area contributed by atoms with Gasteiger partial charge in [-0.15, -0.1) is 0 Å². The monoisotopic (exact) mass is 271 g/mol. The Bertz CT molecular complexity index is 765. The van der Waals surface area contributed by atoms with E-state index in [1.807, 2.05) is 13.8 Å². The Morgan fingerprint density at radius 3 is 2.90 bits per heavy atom. The molecule has 3 rings (SSSR count). The Morgan fingerprint density at radius 2 is 2.15 bits per heavy atom. The summed E-state index contributed by atoms with van der Waals surface area (Å²) in [6.07, 6.45) is 1.69. The molecule has 5 nitrogen and oxygen atoms in total. The Hall–Kier alpha value is -2.50. The van der Waals surface area contributed by atoms with E-state index in [-0.39, 0.29) is 5.82 Å². The first-order chi connectivity index (χ1) is 9.69. The smallest absolute Gasteiger partial charge is 0.168 e. The van der Waals surface area contributed by atoms with Crippen molar-refractivity contribution in [2.75, 3.05) is 11.9 Å². The number of hydrogen-bond acceptors (Lipinski definition) is 4. The van der Waals surface area contributed by atoms with Gasteiger partial charge in [-0.2, -0.15) is 5.10 Å². The highest BCUT2D eigenvalue weighted by Crippen LogP contribution is 2.22. The van der Waals surface area contributed by atoms with Crippen molar-refractivity contribution in [1.82, 2.24) is 19.7 Å². The molecule has 1 aromatic carbocycles. The molecule has 0 spiro atoms. The molecule has 20 heavy (non-hydrogen) atoms. The lowest BCUT2D eigenvalue weighted by atomic mass is 10.3. The van der Waals surface area contributed by atoms with E-state index >= 15 is 0 Å². The molecule has 6 heteroatoms. The average molecular weight is 271 g/mol. The maximum atomic E-state index is 13.4. The minimum atomic E-state index is -0.302. The quantitative estimate of drug-likeness (QED) is 0.795. The molecule has 102 valence electrons. The molecule has 0 fully saturated rings. The second kappa shape index (κ2) is 4.88. The van der Waals surface area contributed by atoms with Gasteiger partial charge < -0.3 is 5.32 Å². The van der Waals surface area contributed by atoms with E-state index in [1.54, 1.807) is 23.0 Å². The number of halogens is 1. The summed E-state index contributed by atoms with van der Waals surface area (Å²) in [6.45, 7) is 4.58. The Labute approximate surface area is 115 Å². The number of aromatic nitrogens is 4. The highest BCUT2D eigenvalue weighted by Gasteiger charge is 2.12. The molecule has 0 bridgehead atoms.